The van der Waals surface area contributed by atoms with Crippen molar-refractivity contribution in [1.82, 2.24) is 0 Å². The summed E-state index contributed by atoms with van der Waals surface area (Å²) < 4.78 is 49.4. The monoisotopic (exact) mass is 292 g/mol. The second-order valence-corrected chi connectivity index (χ2v) is 5.74. The molecule has 19 heavy (non-hydrogen) atoms. The molecule has 0 bridgehead atoms. The van der Waals surface area contributed by atoms with Gasteiger partial charge in [0.05, 0.1) is 22.1 Å². The van der Waals surface area contributed by atoms with Crippen LogP contribution in [0.4, 0.5) is 13.2 Å². The molecule has 0 radical (unpaired) electrons. The Hall–Kier alpha value is -1.17. The molecule has 0 amide bonds. The number of hydrogen-bond donors (Lipinski definition) is 0. The molecule has 0 aliphatic heterocycles. The number of hydrogen-bond acceptors (Lipinski definition) is 2. The number of halogens is 3. The zero-order chi connectivity index (χ0) is 14.6. The molecule has 1 aromatic rings. The van der Waals surface area contributed by atoms with Crippen molar-refractivity contribution in [3.05, 3.63) is 29.8 Å². The Balaban J connectivity index is 2.87. The van der Waals surface area contributed by atoms with Crippen molar-refractivity contribution in [3.8, 4) is 0 Å². The van der Waals surface area contributed by atoms with E-state index in [4.69, 9.17) is 0 Å². The molecule has 1 rings (SSSR count). The molecule has 106 valence electrons. The summed E-state index contributed by atoms with van der Waals surface area (Å²) in [5.74, 6) is -0.663. The molecule has 0 aliphatic carbocycles. The Kier molecular flexibility index (Phi) is 5.29. The molecule has 0 spiro atoms. The third-order valence-electron chi connectivity index (χ3n) is 2.86. The normalized spacial score (nSPS) is 15.0. The third-order valence-corrected chi connectivity index (χ3v) is 4.19. The molecule has 0 aromatic heterocycles. The number of carbonyl (C=O) groups excluding carboxylic acids is 1. The van der Waals surface area contributed by atoms with Crippen molar-refractivity contribution >= 4 is 16.6 Å². The summed E-state index contributed by atoms with van der Waals surface area (Å²) in [5.41, 5.74) is -0.852. The van der Waals surface area contributed by atoms with Crippen LogP contribution in [0.3, 0.4) is 0 Å². The first-order valence-electron chi connectivity index (χ1n) is 5.84. The van der Waals surface area contributed by atoms with Crippen LogP contribution in [0.25, 0.3) is 0 Å². The van der Waals surface area contributed by atoms with Gasteiger partial charge < -0.3 is 0 Å². The van der Waals surface area contributed by atoms with Crippen LogP contribution in [0.1, 0.15) is 25.8 Å². The lowest BCUT2D eigenvalue weighted by molar-refractivity contribution is -0.137. The standard InChI is InChI=1S/C13H15F3O2S/c1-3-9(2)12(17)8-19(18)11-6-4-5-10(7-11)13(14,15)16/h4-7,9H,3,8H2,1-2H3. The van der Waals surface area contributed by atoms with E-state index in [-0.39, 0.29) is 22.3 Å². The Morgan fingerprint density at radius 3 is 2.53 bits per heavy atom. The fourth-order valence-corrected chi connectivity index (χ4v) is 2.59. The van der Waals surface area contributed by atoms with Gasteiger partial charge in [-0.15, -0.1) is 0 Å². The first-order chi connectivity index (χ1) is 8.75. The van der Waals surface area contributed by atoms with E-state index in [9.17, 15) is 22.2 Å². The van der Waals surface area contributed by atoms with Gasteiger partial charge in [-0.25, -0.2) is 0 Å². The fraction of sp³-hybridized carbons (Fsp3) is 0.462. The Labute approximate surface area is 112 Å². The van der Waals surface area contributed by atoms with Crippen molar-refractivity contribution in [1.29, 1.82) is 0 Å². The van der Waals surface area contributed by atoms with Crippen LogP contribution in [0.5, 0.6) is 0 Å². The van der Waals surface area contributed by atoms with E-state index in [1.165, 1.54) is 12.1 Å². The first kappa shape index (κ1) is 15.9. The summed E-state index contributed by atoms with van der Waals surface area (Å²) in [6, 6.07) is 4.29. The van der Waals surface area contributed by atoms with Crippen LogP contribution < -0.4 is 0 Å². The molecule has 0 N–H and O–H groups in total. The van der Waals surface area contributed by atoms with Gasteiger partial charge >= 0.3 is 6.18 Å². The van der Waals surface area contributed by atoms with Crippen LogP contribution in [0.2, 0.25) is 0 Å². The number of rotatable bonds is 5. The maximum Gasteiger partial charge on any atom is 0.416 e. The summed E-state index contributed by atoms with van der Waals surface area (Å²) in [6.45, 7) is 3.54. The lowest BCUT2D eigenvalue weighted by Crippen LogP contribution is -2.18. The van der Waals surface area contributed by atoms with Gasteiger partial charge in [-0.2, -0.15) is 13.2 Å². The molecule has 0 heterocycles. The Morgan fingerprint density at radius 2 is 2.00 bits per heavy atom. The van der Waals surface area contributed by atoms with E-state index in [0.717, 1.165) is 12.1 Å². The van der Waals surface area contributed by atoms with E-state index in [0.29, 0.717) is 6.42 Å². The minimum Gasteiger partial charge on any atom is -0.298 e. The zero-order valence-electron chi connectivity index (χ0n) is 10.7. The summed E-state index contributed by atoms with van der Waals surface area (Å²) in [4.78, 5) is 11.7. The molecule has 2 nitrogen and oxygen atoms in total. The number of carbonyl (C=O) groups is 1. The van der Waals surface area contributed by atoms with Crippen LogP contribution >= 0.6 is 0 Å². The Morgan fingerprint density at radius 1 is 1.37 bits per heavy atom. The maximum atomic E-state index is 12.5. The molecule has 6 heteroatoms. The van der Waals surface area contributed by atoms with Gasteiger partial charge in [0.1, 0.15) is 5.78 Å². The maximum absolute atomic E-state index is 12.5. The van der Waals surface area contributed by atoms with Gasteiger partial charge in [-0.05, 0) is 24.6 Å². The van der Waals surface area contributed by atoms with E-state index in [1.54, 1.807) is 6.92 Å². The average molecular weight is 292 g/mol. The quantitative estimate of drug-likeness (QED) is 0.833. The second kappa shape index (κ2) is 6.32. The largest absolute Gasteiger partial charge is 0.416 e. The molecule has 0 fully saturated rings. The molecular weight excluding hydrogens is 277 g/mol. The summed E-state index contributed by atoms with van der Waals surface area (Å²) in [5, 5.41) is 0. The van der Waals surface area contributed by atoms with Crippen LogP contribution in [-0.4, -0.2) is 15.7 Å². The average Bonchev–Trinajstić information content (AvgIpc) is 2.36. The van der Waals surface area contributed by atoms with Crippen LogP contribution in [0, 0.1) is 5.92 Å². The number of Topliss-reactive ketones (excluding diaryl/α,β-unsaturated/α-hetero) is 1. The lowest BCUT2D eigenvalue weighted by atomic mass is 10.1. The van der Waals surface area contributed by atoms with E-state index in [2.05, 4.69) is 0 Å². The number of ketones is 1. The lowest BCUT2D eigenvalue weighted by Gasteiger charge is -2.10. The molecule has 2 unspecified atom stereocenters. The highest BCUT2D eigenvalue weighted by atomic mass is 32.2. The van der Waals surface area contributed by atoms with Crippen molar-refractivity contribution in [2.24, 2.45) is 5.92 Å². The van der Waals surface area contributed by atoms with E-state index in [1.807, 2.05) is 6.92 Å². The smallest absolute Gasteiger partial charge is 0.298 e. The summed E-state index contributed by atoms with van der Waals surface area (Å²) in [6.07, 6.45) is -3.85. The van der Waals surface area contributed by atoms with Crippen LogP contribution in [-0.2, 0) is 21.8 Å². The molecule has 0 saturated heterocycles. The predicted molar refractivity (Wildman–Crippen MR) is 67.2 cm³/mol. The highest BCUT2D eigenvalue weighted by molar-refractivity contribution is 7.85. The van der Waals surface area contributed by atoms with Gasteiger partial charge in [-0.3, -0.25) is 9.00 Å². The van der Waals surface area contributed by atoms with Gasteiger partial charge in [0.15, 0.2) is 0 Å². The minimum atomic E-state index is -4.47. The molecule has 1 aromatic carbocycles. The van der Waals surface area contributed by atoms with Crippen molar-refractivity contribution in [3.63, 3.8) is 0 Å². The second-order valence-electron chi connectivity index (χ2n) is 4.29. The molecular formula is C13H15F3O2S. The van der Waals surface area contributed by atoms with E-state index >= 15 is 0 Å². The van der Waals surface area contributed by atoms with Crippen molar-refractivity contribution < 1.29 is 22.2 Å². The summed E-state index contributed by atoms with van der Waals surface area (Å²) >= 11 is 0. The van der Waals surface area contributed by atoms with Crippen molar-refractivity contribution in [2.45, 2.75) is 31.3 Å². The molecule has 0 saturated carbocycles. The van der Waals surface area contributed by atoms with Gasteiger partial charge in [0.2, 0.25) is 0 Å². The SMILES string of the molecule is CCC(C)C(=O)CS(=O)c1cccc(C(F)(F)F)c1. The summed E-state index contributed by atoms with van der Waals surface area (Å²) in [7, 11) is -1.73. The zero-order valence-corrected chi connectivity index (χ0v) is 11.5. The van der Waals surface area contributed by atoms with Crippen LogP contribution in [0.15, 0.2) is 29.2 Å². The molecule has 2 atom stereocenters. The fourth-order valence-electron chi connectivity index (χ4n) is 1.40. The van der Waals surface area contributed by atoms with Gasteiger partial charge in [0, 0.05) is 10.8 Å². The van der Waals surface area contributed by atoms with E-state index < -0.39 is 22.5 Å². The highest BCUT2D eigenvalue weighted by Gasteiger charge is 2.31. The minimum absolute atomic E-state index is 0.0338. The highest BCUT2D eigenvalue weighted by Crippen LogP contribution is 2.30. The first-order valence-corrected chi connectivity index (χ1v) is 7.16. The topological polar surface area (TPSA) is 34.1 Å². The molecule has 0 aliphatic rings. The number of alkyl halides is 3. The number of benzene rings is 1. The third kappa shape index (κ3) is 4.45. The Bertz CT molecular complexity index is 483. The van der Waals surface area contributed by atoms with Crippen molar-refractivity contribution in [2.75, 3.05) is 5.75 Å². The van der Waals surface area contributed by atoms with Gasteiger partial charge in [0.25, 0.3) is 0 Å². The van der Waals surface area contributed by atoms with Gasteiger partial charge in [-0.1, -0.05) is 19.9 Å². The predicted octanol–water partition coefficient (Wildman–Crippen LogP) is 3.43.